The molecule has 0 unspecified atom stereocenters. The van der Waals surface area contributed by atoms with Crippen molar-refractivity contribution in [3.63, 3.8) is 0 Å². The van der Waals surface area contributed by atoms with Crippen LogP contribution >= 0.6 is 11.6 Å². The lowest BCUT2D eigenvalue weighted by molar-refractivity contribution is -0.385. The molecule has 0 aromatic heterocycles. The third-order valence-electron chi connectivity index (χ3n) is 4.46. The van der Waals surface area contributed by atoms with Crippen molar-refractivity contribution in [2.24, 2.45) is 0 Å². The number of benzene rings is 2. The second-order valence-electron chi connectivity index (χ2n) is 6.75. The van der Waals surface area contributed by atoms with Crippen LogP contribution in [-0.2, 0) is 14.3 Å². The fourth-order valence-electron chi connectivity index (χ4n) is 3.00. The van der Waals surface area contributed by atoms with Crippen LogP contribution < -0.4 is 10.2 Å². The zero-order valence-electron chi connectivity index (χ0n) is 15.5. The Hall–Kier alpha value is -3.46. The number of nitrogens with zero attached hydrogens (tertiary/aromatic N) is 2. The summed E-state index contributed by atoms with van der Waals surface area (Å²) in [5.41, 5.74) is -1.19. The molecule has 0 spiro atoms. The van der Waals surface area contributed by atoms with Gasteiger partial charge in [-0.3, -0.25) is 24.6 Å². The lowest BCUT2D eigenvalue weighted by atomic mass is 9.96. The third-order valence-corrected chi connectivity index (χ3v) is 4.70. The molecule has 1 N–H and O–H groups in total. The molecule has 0 aliphatic carbocycles. The van der Waals surface area contributed by atoms with Crippen molar-refractivity contribution < 1.29 is 24.0 Å². The number of anilines is 2. The van der Waals surface area contributed by atoms with Crippen LogP contribution in [0.25, 0.3) is 0 Å². The summed E-state index contributed by atoms with van der Waals surface area (Å²) in [6.07, 6.45) is 0. The maximum absolute atomic E-state index is 12.8. The van der Waals surface area contributed by atoms with E-state index in [1.165, 1.54) is 11.0 Å². The van der Waals surface area contributed by atoms with Crippen molar-refractivity contribution in [2.45, 2.75) is 19.4 Å². The molecule has 0 saturated heterocycles. The number of hydrogen-bond acceptors (Lipinski definition) is 6. The average molecular weight is 418 g/mol. The van der Waals surface area contributed by atoms with Gasteiger partial charge in [0.2, 0.25) is 5.91 Å². The van der Waals surface area contributed by atoms with Gasteiger partial charge in [0.05, 0.1) is 16.3 Å². The Kier molecular flexibility index (Phi) is 5.25. The van der Waals surface area contributed by atoms with Crippen LogP contribution in [0.5, 0.6) is 0 Å². The van der Waals surface area contributed by atoms with Gasteiger partial charge >= 0.3 is 5.97 Å². The van der Waals surface area contributed by atoms with Crippen molar-refractivity contribution in [1.29, 1.82) is 0 Å². The summed E-state index contributed by atoms with van der Waals surface area (Å²) in [4.78, 5) is 49.2. The first-order valence-electron chi connectivity index (χ1n) is 8.47. The van der Waals surface area contributed by atoms with E-state index >= 15 is 0 Å². The number of halogens is 1. The molecule has 9 nitrogen and oxygen atoms in total. The van der Waals surface area contributed by atoms with E-state index in [2.05, 4.69) is 5.32 Å². The van der Waals surface area contributed by atoms with Gasteiger partial charge in [-0.2, -0.15) is 0 Å². The maximum atomic E-state index is 12.8. The van der Waals surface area contributed by atoms with Crippen LogP contribution in [0.4, 0.5) is 17.1 Å². The van der Waals surface area contributed by atoms with E-state index in [1.54, 1.807) is 38.1 Å². The lowest BCUT2D eigenvalue weighted by Gasteiger charge is -2.41. The molecular formula is C19H16ClN3O6. The second kappa shape index (κ2) is 7.51. The standard InChI is InChI=1S/C19H16ClN3O6/c1-19(2)18(26)21-13-5-3-4-6-14(13)22(19)16(24)10-29-17(25)12-8-7-11(20)9-15(12)23(27)28/h3-9H,10H2,1-2H3,(H,21,26). The van der Waals surface area contributed by atoms with Crippen LogP contribution in [-0.4, -0.2) is 34.9 Å². The minimum absolute atomic E-state index is 0.0852. The number of para-hydroxylation sites is 2. The van der Waals surface area contributed by atoms with E-state index in [1.807, 2.05) is 0 Å². The highest BCUT2D eigenvalue weighted by Crippen LogP contribution is 2.36. The molecule has 3 rings (SSSR count). The minimum atomic E-state index is -1.23. The number of carbonyl (C=O) groups is 3. The Bertz CT molecular complexity index is 1040. The van der Waals surface area contributed by atoms with Gasteiger partial charge < -0.3 is 10.1 Å². The van der Waals surface area contributed by atoms with Crippen molar-refractivity contribution in [1.82, 2.24) is 0 Å². The molecule has 0 radical (unpaired) electrons. The predicted octanol–water partition coefficient (Wildman–Crippen LogP) is 3.17. The smallest absolute Gasteiger partial charge is 0.345 e. The van der Waals surface area contributed by atoms with E-state index in [0.717, 1.165) is 12.1 Å². The van der Waals surface area contributed by atoms with Gasteiger partial charge in [0.15, 0.2) is 6.61 Å². The molecular weight excluding hydrogens is 402 g/mol. The molecule has 29 heavy (non-hydrogen) atoms. The van der Waals surface area contributed by atoms with Gasteiger partial charge in [-0.05, 0) is 38.1 Å². The van der Waals surface area contributed by atoms with Gasteiger partial charge in [-0.25, -0.2) is 4.79 Å². The van der Waals surface area contributed by atoms with Crippen molar-refractivity contribution in [2.75, 3.05) is 16.8 Å². The van der Waals surface area contributed by atoms with E-state index in [0.29, 0.717) is 11.4 Å². The Morgan fingerprint density at radius 1 is 1.24 bits per heavy atom. The summed E-state index contributed by atoms with van der Waals surface area (Å²) in [6, 6.07) is 10.2. The first kappa shape index (κ1) is 20.3. The summed E-state index contributed by atoms with van der Waals surface area (Å²) < 4.78 is 5.01. The summed E-state index contributed by atoms with van der Waals surface area (Å²) in [5.74, 6) is -2.10. The fourth-order valence-corrected chi connectivity index (χ4v) is 3.16. The number of nitro groups is 1. The number of rotatable bonds is 4. The average Bonchev–Trinajstić information content (AvgIpc) is 2.66. The second-order valence-corrected chi connectivity index (χ2v) is 7.19. The highest BCUT2D eigenvalue weighted by Gasteiger charge is 2.43. The van der Waals surface area contributed by atoms with Crippen molar-refractivity contribution in [3.05, 3.63) is 63.2 Å². The van der Waals surface area contributed by atoms with Crippen molar-refractivity contribution >= 4 is 46.4 Å². The Morgan fingerprint density at radius 3 is 2.62 bits per heavy atom. The van der Waals surface area contributed by atoms with E-state index in [4.69, 9.17) is 16.3 Å². The molecule has 2 aromatic rings. The molecule has 0 atom stereocenters. The van der Waals surface area contributed by atoms with Crippen LogP contribution in [0.15, 0.2) is 42.5 Å². The van der Waals surface area contributed by atoms with E-state index in [-0.39, 0.29) is 10.6 Å². The van der Waals surface area contributed by atoms with Gasteiger partial charge in [-0.15, -0.1) is 0 Å². The largest absolute Gasteiger partial charge is 0.452 e. The summed E-state index contributed by atoms with van der Waals surface area (Å²) in [7, 11) is 0. The molecule has 1 aliphatic heterocycles. The van der Waals surface area contributed by atoms with E-state index < -0.39 is 40.5 Å². The van der Waals surface area contributed by atoms with Gasteiger partial charge in [0, 0.05) is 11.1 Å². The molecule has 1 aliphatic rings. The van der Waals surface area contributed by atoms with Gasteiger partial charge in [-0.1, -0.05) is 23.7 Å². The van der Waals surface area contributed by atoms with Gasteiger partial charge in [0.25, 0.3) is 11.6 Å². The predicted molar refractivity (Wildman–Crippen MR) is 105 cm³/mol. The lowest BCUT2D eigenvalue weighted by Crippen LogP contribution is -2.59. The normalized spacial score (nSPS) is 14.6. The summed E-state index contributed by atoms with van der Waals surface area (Å²) in [5, 5.41) is 14.0. The number of hydrogen-bond donors (Lipinski definition) is 1. The number of amides is 2. The zero-order chi connectivity index (χ0) is 21.3. The molecule has 0 fully saturated rings. The third kappa shape index (κ3) is 3.77. The molecule has 2 aromatic carbocycles. The molecule has 10 heteroatoms. The van der Waals surface area contributed by atoms with Crippen LogP contribution in [0.3, 0.4) is 0 Å². The number of fused-ring (bicyclic) bond motifs is 1. The molecule has 1 heterocycles. The zero-order valence-corrected chi connectivity index (χ0v) is 16.2. The SMILES string of the molecule is CC1(C)C(=O)Nc2ccccc2N1C(=O)COC(=O)c1ccc(Cl)cc1[N+](=O)[O-]. The van der Waals surface area contributed by atoms with Crippen LogP contribution in [0, 0.1) is 10.1 Å². The number of ether oxygens (including phenoxy) is 1. The Balaban J connectivity index is 1.83. The summed E-state index contributed by atoms with van der Waals surface area (Å²) in [6.45, 7) is 2.41. The highest BCUT2D eigenvalue weighted by atomic mass is 35.5. The number of esters is 1. The van der Waals surface area contributed by atoms with E-state index in [9.17, 15) is 24.5 Å². The Morgan fingerprint density at radius 2 is 1.93 bits per heavy atom. The Labute approximate surface area is 170 Å². The monoisotopic (exact) mass is 417 g/mol. The van der Waals surface area contributed by atoms with Gasteiger partial charge in [0.1, 0.15) is 11.1 Å². The van der Waals surface area contributed by atoms with Crippen LogP contribution in [0.1, 0.15) is 24.2 Å². The number of carbonyl (C=O) groups excluding carboxylic acids is 3. The first-order valence-corrected chi connectivity index (χ1v) is 8.85. The quantitative estimate of drug-likeness (QED) is 0.463. The molecule has 0 bridgehead atoms. The topological polar surface area (TPSA) is 119 Å². The maximum Gasteiger partial charge on any atom is 0.345 e. The fraction of sp³-hybridized carbons (Fsp3) is 0.211. The first-order chi connectivity index (χ1) is 13.6. The molecule has 0 saturated carbocycles. The highest BCUT2D eigenvalue weighted by molar-refractivity contribution is 6.31. The van der Waals surface area contributed by atoms with Crippen LogP contribution in [0.2, 0.25) is 5.02 Å². The molecule has 150 valence electrons. The summed E-state index contributed by atoms with van der Waals surface area (Å²) >= 11 is 5.73. The molecule has 2 amide bonds. The minimum Gasteiger partial charge on any atom is -0.452 e. The number of nitrogens with one attached hydrogen (secondary N) is 1. The number of nitro benzene ring substituents is 1. The van der Waals surface area contributed by atoms with Crippen molar-refractivity contribution in [3.8, 4) is 0 Å².